The number of rotatable bonds is 5. The quantitative estimate of drug-likeness (QED) is 0.410. The summed E-state index contributed by atoms with van der Waals surface area (Å²) in [5.41, 5.74) is 8.44. The van der Waals surface area contributed by atoms with E-state index in [9.17, 15) is 0 Å². The molecule has 0 aliphatic rings. The zero-order chi connectivity index (χ0) is 23.2. The highest BCUT2D eigenvalue weighted by Gasteiger charge is 2.15. The summed E-state index contributed by atoms with van der Waals surface area (Å²) in [6.45, 7) is 2.79. The fourth-order valence-corrected chi connectivity index (χ4v) is 4.28. The van der Waals surface area contributed by atoms with Crippen LogP contribution < -0.4 is 0 Å². The lowest BCUT2D eigenvalue weighted by atomic mass is 10.1. The van der Waals surface area contributed by atoms with Crippen LogP contribution in [0.4, 0.5) is 0 Å². The minimum Gasteiger partial charge on any atom is -0.352 e. The second kappa shape index (κ2) is 7.89. The molecule has 0 aromatic carbocycles. The highest BCUT2D eigenvalue weighted by Crippen LogP contribution is 2.32. The molecule has 6 rings (SSSR count). The van der Waals surface area contributed by atoms with Gasteiger partial charge >= 0.3 is 0 Å². The van der Waals surface area contributed by atoms with E-state index < -0.39 is 0 Å². The van der Waals surface area contributed by atoms with E-state index in [0.29, 0.717) is 0 Å². The highest BCUT2D eigenvalue weighted by molar-refractivity contribution is 5.98. The van der Waals surface area contributed by atoms with Crippen molar-refractivity contribution in [1.29, 1.82) is 0 Å². The van der Waals surface area contributed by atoms with Gasteiger partial charge in [-0.1, -0.05) is 0 Å². The van der Waals surface area contributed by atoms with Crippen LogP contribution in [0.2, 0.25) is 0 Å². The minimum absolute atomic E-state index is 0.821. The number of pyridine rings is 3. The Hall–Kier alpha value is -4.37. The number of aromatic amines is 2. The van der Waals surface area contributed by atoms with Crippen LogP contribution >= 0.6 is 0 Å². The lowest BCUT2D eigenvalue weighted by Gasteiger charge is -2.10. The van der Waals surface area contributed by atoms with E-state index >= 15 is 0 Å². The van der Waals surface area contributed by atoms with Crippen molar-refractivity contribution in [2.75, 3.05) is 14.1 Å². The number of hydrogen-bond acceptors (Lipinski definition) is 6. The third kappa shape index (κ3) is 3.52. The SMILES string of the molecule is Cc1cn(-c2cncc3[nH]c(-c4n[nH]c5cnc(-c6cncc(CN(C)C)c6)cc45)cc23)cn1. The largest absolute Gasteiger partial charge is 0.352 e. The standard InChI is InChI=1S/C25H23N9/c1-15-12-34(14-29-15)24-11-27-9-22-18(24)5-21(30-22)25-19-6-20(28-10-23(19)31-32-25)17-4-16(7-26-8-17)13-33(2)3/h4-12,14,30H,13H2,1-3H3,(H,31,32). The molecule has 0 amide bonds. The van der Waals surface area contributed by atoms with E-state index in [2.05, 4.69) is 58.2 Å². The van der Waals surface area contributed by atoms with Crippen molar-refractivity contribution in [3.05, 3.63) is 73.0 Å². The summed E-state index contributed by atoms with van der Waals surface area (Å²) in [6.07, 6.45) is 13.0. The maximum atomic E-state index is 4.65. The molecule has 168 valence electrons. The second-order valence-electron chi connectivity index (χ2n) is 8.73. The molecule has 9 nitrogen and oxygen atoms in total. The summed E-state index contributed by atoms with van der Waals surface area (Å²) < 4.78 is 1.99. The molecule has 6 aromatic heterocycles. The molecule has 0 saturated carbocycles. The average Bonchev–Trinajstić information content (AvgIpc) is 3.55. The van der Waals surface area contributed by atoms with Gasteiger partial charge < -0.3 is 14.5 Å². The Morgan fingerprint density at radius 2 is 1.79 bits per heavy atom. The van der Waals surface area contributed by atoms with Gasteiger partial charge in [0.25, 0.3) is 0 Å². The lowest BCUT2D eigenvalue weighted by molar-refractivity contribution is 0.402. The summed E-state index contributed by atoms with van der Waals surface area (Å²) >= 11 is 0. The Balaban J connectivity index is 1.45. The van der Waals surface area contributed by atoms with Gasteiger partial charge in [-0.15, -0.1) is 0 Å². The number of imidazole rings is 1. The third-order valence-corrected chi connectivity index (χ3v) is 5.81. The zero-order valence-corrected chi connectivity index (χ0v) is 19.1. The number of fused-ring (bicyclic) bond motifs is 2. The van der Waals surface area contributed by atoms with E-state index in [-0.39, 0.29) is 0 Å². The van der Waals surface area contributed by atoms with Gasteiger partial charge in [-0.25, -0.2) is 4.98 Å². The summed E-state index contributed by atoms with van der Waals surface area (Å²) in [5, 5.41) is 9.75. The molecular formula is C25H23N9. The predicted octanol–water partition coefficient (Wildman–Crippen LogP) is 4.12. The zero-order valence-electron chi connectivity index (χ0n) is 19.1. The number of H-pyrrole nitrogens is 2. The summed E-state index contributed by atoms with van der Waals surface area (Å²) in [4.78, 5) is 23.4. The summed E-state index contributed by atoms with van der Waals surface area (Å²) in [5.74, 6) is 0. The van der Waals surface area contributed by atoms with Gasteiger partial charge in [0.1, 0.15) is 5.69 Å². The molecule has 0 aliphatic heterocycles. The molecule has 6 heterocycles. The van der Waals surface area contributed by atoms with Crippen LogP contribution in [-0.2, 0) is 6.54 Å². The van der Waals surface area contributed by atoms with Gasteiger partial charge in [-0.3, -0.25) is 20.1 Å². The molecule has 0 fully saturated rings. The molecule has 0 spiro atoms. The predicted molar refractivity (Wildman–Crippen MR) is 131 cm³/mol. The molecule has 0 atom stereocenters. The smallest absolute Gasteiger partial charge is 0.116 e. The van der Waals surface area contributed by atoms with E-state index in [0.717, 1.165) is 67.9 Å². The van der Waals surface area contributed by atoms with Crippen LogP contribution in [0.3, 0.4) is 0 Å². The number of aromatic nitrogens is 8. The van der Waals surface area contributed by atoms with E-state index in [1.54, 1.807) is 6.33 Å². The van der Waals surface area contributed by atoms with Crippen molar-refractivity contribution in [3.8, 4) is 28.3 Å². The number of hydrogen-bond donors (Lipinski definition) is 2. The molecule has 34 heavy (non-hydrogen) atoms. The fourth-order valence-electron chi connectivity index (χ4n) is 4.28. The van der Waals surface area contributed by atoms with Crippen molar-refractivity contribution in [1.82, 2.24) is 44.6 Å². The van der Waals surface area contributed by atoms with Gasteiger partial charge in [0.2, 0.25) is 0 Å². The van der Waals surface area contributed by atoms with Crippen LogP contribution in [0, 0.1) is 6.92 Å². The van der Waals surface area contributed by atoms with Crippen LogP contribution in [0.25, 0.3) is 50.1 Å². The van der Waals surface area contributed by atoms with Crippen molar-refractivity contribution in [2.24, 2.45) is 0 Å². The van der Waals surface area contributed by atoms with E-state index in [4.69, 9.17) is 0 Å². The van der Waals surface area contributed by atoms with Crippen molar-refractivity contribution < 1.29 is 0 Å². The maximum absolute atomic E-state index is 4.65. The van der Waals surface area contributed by atoms with Crippen molar-refractivity contribution >= 4 is 21.8 Å². The van der Waals surface area contributed by atoms with Gasteiger partial charge in [-0.05, 0) is 44.8 Å². The van der Waals surface area contributed by atoms with Crippen LogP contribution in [-0.4, -0.2) is 58.7 Å². The Labute approximate surface area is 195 Å². The molecule has 9 heteroatoms. The fraction of sp³-hybridized carbons (Fsp3) is 0.160. The van der Waals surface area contributed by atoms with Crippen LogP contribution in [0.15, 0.2) is 61.7 Å². The van der Waals surface area contributed by atoms with Gasteiger partial charge in [0.15, 0.2) is 0 Å². The lowest BCUT2D eigenvalue weighted by Crippen LogP contribution is -2.10. The third-order valence-electron chi connectivity index (χ3n) is 5.81. The highest BCUT2D eigenvalue weighted by atomic mass is 15.1. The van der Waals surface area contributed by atoms with Crippen molar-refractivity contribution in [2.45, 2.75) is 13.5 Å². The first kappa shape index (κ1) is 20.3. The van der Waals surface area contributed by atoms with E-state index in [1.807, 2.05) is 62.8 Å². The first-order chi connectivity index (χ1) is 16.5. The average molecular weight is 450 g/mol. The molecule has 0 bridgehead atoms. The molecule has 0 unspecified atom stereocenters. The number of nitrogens with one attached hydrogen (secondary N) is 2. The molecule has 0 aliphatic carbocycles. The van der Waals surface area contributed by atoms with Gasteiger partial charge in [0.05, 0.1) is 58.7 Å². The first-order valence-corrected chi connectivity index (χ1v) is 11.0. The Morgan fingerprint density at radius 3 is 2.62 bits per heavy atom. The Morgan fingerprint density at radius 1 is 0.912 bits per heavy atom. The first-order valence-electron chi connectivity index (χ1n) is 11.0. The number of nitrogens with zero attached hydrogens (tertiary/aromatic N) is 7. The van der Waals surface area contributed by atoms with E-state index in [1.165, 1.54) is 0 Å². The van der Waals surface area contributed by atoms with Crippen LogP contribution in [0.1, 0.15) is 11.3 Å². The minimum atomic E-state index is 0.821. The molecule has 6 aromatic rings. The maximum Gasteiger partial charge on any atom is 0.116 e. The Kier molecular flexibility index (Phi) is 4.70. The number of aryl methyl sites for hydroxylation is 1. The van der Waals surface area contributed by atoms with Gasteiger partial charge in [0, 0.05) is 41.5 Å². The Bertz CT molecular complexity index is 1640. The summed E-state index contributed by atoms with van der Waals surface area (Å²) in [6, 6.07) is 6.31. The topological polar surface area (TPSA) is 104 Å². The monoisotopic (exact) mass is 449 g/mol. The second-order valence-corrected chi connectivity index (χ2v) is 8.73. The molecular weight excluding hydrogens is 426 g/mol. The van der Waals surface area contributed by atoms with Crippen LogP contribution in [0.5, 0.6) is 0 Å². The molecule has 0 radical (unpaired) electrons. The normalized spacial score (nSPS) is 11.8. The molecule has 2 N–H and O–H groups in total. The molecule has 0 saturated heterocycles. The van der Waals surface area contributed by atoms with Gasteiger partial charge in [-0.2, -0.15) is 5.10 Å². The van der Waals surface area contributed by atoms with Crippen molar-refractivity contribution in [3.63, 3.8) is 0 Å². The summed E-state index contributed by atoms with van der Waals surface area (Å²) in [7, 11) is 4.09.